The number of carbonyl (C=O) groups excluding carboxylic acids is 3. The first-order valence-electron chi connectivity index (χ1n) is 13.4. The largest absolute Gasteiger partial charge is 0.478 e. The lowest BCUT2D eigenvalue weighted by Gasteiger charge is -2.38. The molecule has 2 fully saturated rings. The fourth-order valence-corrected chi connectivity index (χ4v) is 4.76. The van der Waals surface area contributed by atoms with Crippen LogP contribution in [-0.4, -0.2) is 99.6 Å². The molecule has 0 saturated carbocycles. The van der Waals surface area contributed by atoms with Gasteiger partial charge < -0.3 is 28.7 Å². The van der Waals surface area contributed by atoms with Gasteiger partial charge in [0.1, 0.15) is 11.4 Å². The van der Waals surface area contributed by atoms with E-state index in [1.807, 2.05) is 37.8 Å². The van der Waals surface area contributed by atoms with Crippen LogP contribution in [-0.2, 0) is 23.8 Å². The molecule has 2 heterocycles. The summed E-state index contributed by atoms with van der Waals surface area (Å²) in [5.41, 5.74) is 0.639. The van der Waals surface area contributed by atoms with Crippen LogP contribution < -0.4 is 9.64 Å². The van der Waals surface area contributed by atoms with Crippen LogP contribution in [0.5, 0.6) is 5.75 Å². The van der Waals surface area contributed by atoms with E-state index in [2.05, 4.69) is 14.5 Å². The highest BCUT2D eigenvalue weighted by atomic mass is 16.6. The summed E-state index contributed by atoms with van der Waals surface area (Å²) in [5, 5.41) is 0. The average Bonchev–Trinajstić information content (AvgIpc) is 2.91. The number of carbonyl (C=O) groups is 3. The maximum atomic E-state index is 12.3. The molecule has 1 atom stereocenters. The Balaban J connectivity index is 1.39. The maximum absolute atomic E-state index is 12.3. The molecule has 3 rings (SSSR count). The zero-order valence-electron chi connectivity index (χ0n) is 23.4. The summed E-state index contributed by atoms with van der Waals surface area (Å²) < 4.78 is 20.6. The van der Waals surface area contributed by atoms with Crippen molar-refractivity contribution in [2.45, 2.75) is 58.2 Å². The van der Waals surface area contributed by atoms with Crippen molar-refractivity contribution in [2.24, 2.45) is 5.92 Å². The summed E-state index contributed by atoms with van der Waals surface area (Å²) in [4.78, 5) is 42.5. The van der Waals surface area contributed by atoms with E-state index in [1.54, 1.807) is 12.1 Å². The molecule has 0 N–H and O–H groups in total. The number of esters is 2. The zero-order valence-corrected chi connectivity index (χ0v) is 23.4. The third-order valence-corrected chi connectivity index (χ3v) is 7.02. The molecule has 1 aromatic carbocycles. The number of methoxy groups -OCH3 is 2. The van der Waals surface area contributed by atoms with Crippen molar-refractivity contribution in [3.63, 3.8) is 0 Å². The Morgan fingerprint density at radius 3 is 2.11 bits per heavy atom. The molecule has 2 aliphatic heterocycles. The number of amides is 1. The second-order valence-corrected chi connectivity index (χ2v) is 10.9. The van der Waals surface area contributed by atoms with Crippen LogP contribution >= 0.6 is 0 Å². The number of anilines is 1. The van der Waals surface area contributed by atoms with Crippen LogP contribution in [0.3, 0.4) is 0 Å². The smallest absolute Gasteiger partial charge is 0.410 e. The molecule has 10 nitrogen and oxygen atoms in total. The Kier molecular flexibility index (Phi) is 10.6. The molecule has 0 radical (unpaired) electrons. The predicted octanol–water partition coefficient (Wildman–Crippen LogP) is 3.33. The minimum absolute atomic E-state index is 0.198. The second kappa shape index (κ2) is 13.7. The highest BCUT2D eigenvalue weighted by Crippen LogP contribution is 2.25. The highest BCUT2D eigenvalue weighted by molar-refractivity contribution is 5.82. The van der Waals surface area contributed by atoms with Crippen molar-refractivity contribution in [3.8, 4) is 5.75 Å². The van der Waals surface area contributed by atoms with Crippen LogP contribution in [0.4, 0.5) is 10.5 Å². The van der Waals surface area contributed by atoms with Gasteiger partial charge in [-0.15, -0.1) is 0 Å². The SMILES string of the molecule is COC(=O)CC(Oc1ccc(N2CCN(CCC3CCN(C(=O)OC(C)(C)C)CC3)CC2)cc1)C(=O)OC. The van der Waals surface area contributed by atoms with Crippen molar-refractivity contribution >= 4 is 23.7 Å². The standard InChI is InChI=1S/C28H43N3O7/c1-28(2,3)38-27(34)31-14-11-21(12-15-31)10-13-29-16-18-30(19-17-29)22-6-8-23(9-7-22)37-24(26(33)36-5)20-25(32)35-4/h6-9,21,24H,10-20H2,1-5H3. The summed E-state index contributed by atoms with van der Waals surface area (Å²) in [6.45, 7) is 12.2. The zero-order chi connectivity index (χ0) is 27.7. The lowest BCUT2D eigenvalue weighted by molar-refractivity contribution is -0.155. The van der Waals surface area contributed by atoms with Gasteiger partial charge in [0.15, 0.2) is 0 Å². The summed E-state index contributed by atoms with van der Waals surface area (Å²) in [5.74, 6) is -0.0259. The molecule has 38 heavy (non-hydrogen) atoms. The van der Waals surface area contributed by atoms with E-state index >= 15 is 0 Å². The van der Waals surface area contributed by atoms with Crippen LogP contribution in [0.2, 0.25) is 0 Å². The van der Waals surface area contributed by atoms with Gasteiger partial charge in [0, 0.05) is 45.0 Å². The summed E-state index contributed by atoms with van der Waals surface area (Å²) in [6, 6.07) is 7.54. The normalized spacial score (nSPS) is 18.0. The Bertz CT molecular complexity index is 915. The molecule has 2 saturated heterocycles. The molecule has 1 unspecified atom stereocenters. The third kappa shape index (κ3) is 9.08. The number of hydrogen-bond donors (Lipinski definition) is 0. The van der Waals surface area contributed by atoms with Crippen LogP contribution in [0.1, 0.15) is 46.5 Å². The topological polar surface area (TPSA) is 97.9 Å². The fourth-order valence-electron chi connectivity index (χ4n) is 4.76. The third-order valence-electron chi connectivity index (χ3n) is 7.02. The van der Waals surface area contributed by atoms with Gasteiger partial charge in [-0.3, -0.25) is 9.69 Å². The molecule has 2 aliphatic rings. The first-order valence-corrected chi connectivity index (χ1v) is 13.4. The number of ether oxygens (including phenoxy) is 4. The van der Waals surface area contributed by atoms with E-state index in [9.17, 15) is 14.4 Å². The Hall–Kier alpha value is -3.01. The molecule has 10 heteroatoms. The van der Waals surface area contributed by atoms with E-state index in [-0.39, 0.29) is 12.5 Å². The quantitative estimate of drug-likeness (QED) is 0.350. The first kappa shape index (κ1) is 29.5. The van der Waals surface area contributed by atoms with Gasteiger partial charge in [-0.25, -0.2) is 9.59 Å². The molecular weight excluding hydrogens is 490 g/mol. The average molecular weight is 534 g/mol. The molecule has 1 amide bonds. The van der Waals surface area contributed by atoms with Crippen molar-refractivity contribution < 1.29 is 33.3 Å². The van der Waals surface area contributed by atoms with Gasteiger partial charge in [-0.2, -0.15) is 0 Å². The molecule has 0 aliphatic carbocycles. The van der Waals surface area contributed by atoms with Gasteiger partial charge in [-0.05, 0) is 76.8 Å². The van der Waals surface area contributed by atoms with Crippen LogP contribution in [0, 0.1) is 5.92 Å². The van der Waals surface area contributed by atoms with E-state index < -0.39 is 23.6 Å². The Morgan fingerprint density at radius 1 is 0.921 bits per heavy atom. The van der Waals surface area contributed by atoms with Crippen molar-refractivity contribution in [1.29, 1.82) is 0 Å². The van der Waals surface area contributed by atoms with Gasteiger partial charge >= 0.3 is 18.0 Å². The van der Waals surface area contributed by atoms with Gasteiger partial charge in [0.25, 0.3) is 0 Å². The molecule has 1 aromatic rings. The number of benzene rings is 1. The maximum Gasteiger partial charge on any atom is 0.410 e. The second-order valence-electron chi connectivity index (χ2n) is 10.9. The fraction of sp³-hybridized carbons (Fsp3) is 0.679. The predicted molar refractivity (Wildman–Crippen MR) is 143 cm³/mol. The van der Waals surface area contributed by atoms with E-state index in [0.717, 1.165) is 70.8 Å². The highest BCUT2D eigenvalue weighted by Gasteiger charge is 2.28. The van der Waals surface area contributed by atoms with Crippen molar-refractivity contribution in [1.82, 2.24) is 9.80 Å². The van der Waals surface area contributed by atoms with E-state index in [4.69, 9.17) is 14.2 Å². The monoisotopic (exact) mass is 533 g/mol. The van der Waals surface area contributed by atoms with Crippen LogP contribution in [0.15, 0.2) is 24.3 Å². The number of hydrogen-bond acceptors (Lipinski definition) is 9. The van der Waals surface area contributed by atoms with E-state index in [1.165, 1.54) is 14.2 Å². The molecule has 0 aromatic heterocycles. The molecule has 0 bridgehead atoms. The number of likely N-dealkylation sites (tertiary alicyclic amines) is 1. The summed E-state index contributed by atoms with van der Waals surface area (Å²) in [6.07, 6.45) is 1.76. The van der Waals surface area contributed by atoms with Crippen molar-refractivity contribution in [3.05, 3.63) is 24.3 Å². The number of nitrogens with zero attached hydrogens (tertiary/aromatic N) is 3. The molecule has 0 spiro atoms. The van der Waals surface area contributed by atoms with Gasteiger partial charge in [0.2, 0.25) is 6.10 Å². The van der Waals surface area contributed by atoms with Crippen LogP contribution in [0.25, 0.3) is 0 Å². The summed E-state index contributed by atoms with van der Waals surface area (Å²) >= 11 is 0. The summed E-state index contributed by atoms with van der Waals surface area (Å²) in [7, 11) is 2.52. The number of piperazine rings is 1. The molecule has 212 valence electrons. The van der Waals surface area contributed by atoms with Gasteiger partial charge in [-0.1, -0.05) is 0 Å². The molecular formula is C28H43N3O7. The minimum atomic E-state index is -1.05. The lowest BCUT2D eigenvalue weighted by Crippen LogP contribution is -2.47. The number of piperidine rings is 1. The Labute approximate surface area is 226 Å². The first-order chi connectivity index (χ1) is 18.1. The van der Waals surface area contributed by atoms with Crippen molar-refractivity contribution in [2.75, 3.05) is 64.9 Å². The van der Waals surface area contributed by atoms with E-state index in [0.29, 0.717) is 11.7 Å². The Morgan fingerprint density at radius 2 is 1.55 bits per heavy atom. The number of rotatable bonds is 9. The minimum Gasteiger partial charge on any atom is -0.478 e. The van der Waals surface area contributed by atoms with Gasteiger partial charge in [0.05, 0.1) is 20.6 Å². The lowest BCUT2D eigenvalue weighted by atomic mass is 9.93.